The lowest BCUT2D eigenvalue weighted by atomic mass is 10.2. The van der Waals surface area contributed by atoms with Gasteiger partial charge in [-0.25, -0.2) is 4.52 Å². The number of halogens is 1. The van der Waals surface area contributed by atoms with E-state index in [2.05, 4.69) is 15.7 Å². The average Bonchev–Trinajstić information content (AvgIpc) is 2.90. The monoisotopic (exact) mass is 322 g/mol. The van der Waals surface area contributed by atoms with Crippen LogP contribution in [0.3, 0.4) is 0 Å². The smallest absolute Gasteiger partial charge is 0.263 e. The van der Waals surface area contributed by atoms with Crippen molar-refractivity contribution in [3.05, 3.63) is 22.2 Å². The van der Waals surface area contributed by atoms with E-state index in [9.17, 15) is 9.90 Å². The Morgan fingerprint density at radius 2 is 2.38 bits per heavy atom. The Morgan fingerprint density at radius 1 is 1.57 bits per heavy atom. The topological polar surface area (TPSA) is 78.7 Å². The van der Waals surface area contributed by atoms with Crippen molar-refractivity contribution in [2.45, 2.75) is 13.0 Å². The molecule has 8 heteroatoms. The predicted octanol–water partition coefficient (Wildman–Crippen LogP) is 2.45. The van der Waals surface area contributed by atoms with Crippen LogP contribution in [0.1, 0.15) is 16.6 Å². The number of thiophene rings is 1. The van der Waals surface area contributed by atoms with Crippen molar-refractivity contribution < 1.29 is 9.90 Å². The summed E-state index contributed by atoms with van der Waals surface area (Å²) in [5.74, 6) is -0.308. The van der Waals surface area contributed by atoms with E-state index < -0.39 is 0 Å². The number of hydrogen-bond donors (Lipinski definition) is 3. The first kappa shape index (κ1) is 12.7. The molecule has 1 aliphatic rings. The average molecular weight is 323 g/mol. The van der Waals surface area contributed by atoms with E-state index in [-0.39, 0.29) is 22.9 Å². The minimum absolute atomic E-state index is 0.0423. The lowest BCUT2D eigenvalue weighted by Crippen LogP contribution is -2.34. The maximum atomic E-state index is 12.3. The van der Waals surface area contributed by atoms with Crippen molar-refractivity contribution in [3.63, 3.8) is 0 Å². The number of amides is 1. The Bertz CT molecular complexity index is 901. The van der Waals surface area contributed by atoms with Gasteiger partial charge in [-0.15, -0.1) is 16.4 Å². The minimum Gasteiger partial charge on any atom is -0.491 e. The number of fused-ring (bicyclic) bond motifs is 5. The van der Waals surface area contributed by atoms with Crippen LogP contribution < -0.4 is 10.6 Å². The highest BCUT2D eigenvalue weighted by molar-refractivity contribution is 7.21. The highest BCUT2D eigenvalue weighted by atomic mass is 35.5. The molecule has 0 fully saturated rings. The maximum Gasteiger partial charge on any atom is 0.263 e. The molecule has 3 N–H and O–H groups in total. The van der Waals surface area contributed by atoms with Gasteiger partial charge in [0.15, 0.2) is 0 Å². The van der Waals surface area contributed by atoms with Gasteiger partial charge in [0, 0.05) is 28.9 Å². The summed E-state index contributed by atoms with van der Waals surface area (Å²) in [4.78, 5) is 12.9. The summed E-state index contributed by atoms with van der Waals surface area (Å²) in [5.41, 5.74) is 1.36. The van der Waals surface area contributed by atoms with Gasteiger partial charge < -0.3 is 15.7 Å². The Kier molecular flexibility index (Phi) is 2.58. The summed E-state index contributed by atoms with van der Waals surface area (Å²) in [7, 11) is 0. The first-order valence-corrected chi connectivity index (χ1v) is 7.62. The van der Waals surface area contributed by atoms with Gasteiger partial charge in [-0.2, -0.15) is 0 Å². The maximum absolute atomic E-state index is 12.3. The molecule has 1 amide bonds. The SMILES string of the molecule is C[C@@H]1CNc2c(sc3ccn4nc(O)c(Cl)c4c23)C(=O)N1. The van der Waals surface area contributed by atoms with E-state index in [0.29, 0.717) is 16.9 Å². The molecule has 0 aliphatic carbocycles. The molecule has 3 aromatic heterocycles. The van der Waals surface area contributed by atoms with Gasteiger partial charge in [-0.1, -0.05) is 11.6 Å². The minimum atomic E-state index is -0.212. The van der Waals surface area contributed by atoms with Gasteiger partial charge >= 0.3 is 0 Å². The number of carbonyl (C=O) groups excluding carboxylic acids is 1. The van der Waals surface area contributed by atoms with E-state index >= 15 is 0 Å². The fraction of sp³-hybridized carbons (Fsp3) is 0.231. The van der Waals surface area contributed by atoms with E-state index in [4.69, 9.17) is 11.6 Å². The number of anilines is 1. The van der Waals surface area contributed by atoms with Crippen molar-refractivity contribution in [1.82, 2.24) is 14.9 Å². The van der Waals surface area contributed by atoms with Crippen LogP contribution in [0.2, 0.25) is 5.02 Å². The highest BCUT2D eigenvalue weighted by Gasteiger charge is 2.26. The van der Waals surface area contributed by atoms with Crippen molar-refractivity contribution in [2.75, 3.05) is 11.9 Å². The molecule has 0 radical (unpaired) electrons. The second kappa shape index (κ2) is 4.25. The first-order valence-electron chi connectivity index (χ1n) is 6.43. The molecule has 0 spiro atoms. The van der Waals surface area contributed by atoms with Crippen molar-refractivity contribution in [1.29, 1.82) is 0 Å². The molecule has 0 unspecified atom stereocenters. The number of aromatic hydroxyl groups is 1. The lowest BCUT2D eigenvalue weighted by Gasteiger charge is -2.09. The van der Waals surface area contributed by atoms with Crippen molar-refractivity contribution in [2.24, 2.45) is 0 Å². The second-order valence-corrected chi connectivity index (χ2v) is 6.48. The summed E-state index contributed by atoms with van der Waals surface area (Å²) >= 11 is 7.57. The standard InChI is InChI=1S/C13H11ClN4O2S/c1-5-4-15-9-7-6(21-11(9)13(20)16-5)2-3-18-10(7)8(14)12(19)17-18/h2-3,5,15H,4H2,1H3,(H,16,20)(H,17,19)/t5-/m1/s1. The van der Waals surface area contributed by atoms with Crippen LogP contribution in [-0.2, 0) is 0 Å². The summed E-state index contributed by atoms with van der Waals surface area (Å²) in [5, 5.41) is 20.9. The van der Waals surface area contributed by atoms with Gasteiger partial charge in [0.25, 0.3) is 5.91 Å². The van der Waals surface area contributed by atoms with Crippen LogP contribution in [-0.4, -0.2) is 33.2 Å². The highest BCUT2D eigenvalue weighted by Crippen LogP contribution is 2.42. The van der Waals surface area contributed by atoms with Crippen LogP contribution in [0.15, 0.2) is 12.3 Å². The third kappa shape index (κ3) is 1.71. The molecule has 3 aromatic rings. The van der Waals surface area contributed by atoms with Crippen LogP contribution in [0.25, 0.3) is 15.6 Å². The Labute approximate surface area is 128 Å². The summed E-state index contributed by atoms with van der Waals surface area (Å²) in [6, 6.07) is 1.91. The van der Waals surface area contributed by atoms with E-state index in [1.54, 1.807) is 6.20 Å². The lowest BCUT2D eigenvalue weighted by molar-refractivity contribution is 0.0949. The second-order valence-electron chi connectivity index (χ2n) is 5.05. The van der Waals surface area contributed by atoms with Crippen molar-refractivity contribution in [3.8, 4) is 5.88 Å². The molecule has 0 bridgehead atoms. The zero-order valence-electron chi connectivity index (χ0n) is 11.0. The molecule has 1 atom stereocenters. The van der Waals surface area contributed by atoms with Crippen LogP contribution >= 0.6 is 22.9 Å². The largest absolute Gasteiger partial charge is 0.491 e. The van der Waals surface area contributed by atoms with Gasteiger partial charge in [0.2, 0.25) is 5.88 Å². The molecule has 4 rings (SSSR count). The molecule has 4 heterocycles. The van der Waals surface area contributed by atoms with Crippen molar-refractivity contribution >= 4 is 50.1 Å². The van der Waals surface area contributed by atoms with Crippen LogP contribution in [0.4, 0.5) is 5.69 Å². The molecule has 21 heavy (non-hydrogen) atoms. The van der Waals surface area contributed by atoms with Crippen LogP contribution in [0, 0.1) is 0 Å². The number of hydrogen-bond acceptors (Lipinski definition) is 5. The van der Waals surface area contributed by atoms with Gasteiger partial charge in [-0.3, -0.25) is 4.79 Å². The van der Waals surface area contributed by atoms with Gasteiger partial charge in [0.05, 0.1) is 11.2 Å². The number of rotatable bonds is 0. The number of pyridine rings is 1. The molecule has 0 saturated heterocycles. The van der Waals surface area contributed by atoms with E-state index in [1.807, 2.05) is 13.0 Å². The molecular formula is C13H11ClN4O2S. The predicted molar refractivity (Wildman–Crippen MR) is 82.7 cm³/mol. The normalized spacial score (nSPS) is 18.4. The van der Waals surface area contributed by atoms with Gasteiger partial charge in [0.1, 0.15) is 9.90 Å². The Morgan fingerprint density at radius 3 is 3.19 bits per heavy atom. The number of nitrogens with zero attached hydrogens (tertiary/aromatic N) is 2. The molecule has 0 aromatic carbocycles. The molecule has 0 saturated carbocycles. The fourth-order valence-electron chi connectivity index (χ4n) is 2.60. The van der Waals surface area contributed by atoms with E-state index in [1.165, 1.54) is 15.9 Å². The van der Waals surface area contributed by atoms with Gasteiger partial charge in [-0.05, 0) is 13.0 Å². The third-order valence-electron chi connectivity index (χ3n) is 3.54. The molecule has 6 nitrogen and oxygen atoms in total. The quantitative estimate of drug-likeness (QED) is 0.594. The summed E-state index contributed by atoms with van der Waals surface area (Å²) in [6.45, 7) is 2.57. The zero-order chi connectivity index (χ0) is 14.7. The summed E-state index contributed by atoms with van der Waals surface area (Å²) < 4.78 is 2.45. The third-order valence-corrected chi connectivity index (χ3v) is 5.05. The molecular weight excluding hydrogens is 312 g/mol. The first-order chi connectivity index (χ1) is 10.1. The Balaban J connectivity index is 2.12. The molecule has 1 aliphatic heterocycles. The number of nitrogens with one attached hydrogen (secondary N) is 2. The number of aromatic nitrogens is 2. The van der Waals surface area contributed by atoms with E-state index in [0.717, 1.165) is 15.8 Å². The fourth-order valence-corrected chi connectivity index (χ4v) is 3.89. The Hall–Kier alpha value is -1.99. The summed E-state index contributed by atoms with van der Waals surface area (Å²) in [6.07, 6.45) is 1.72. The number of carbonyl (C=O) groups is 1. The zero-order valence-corrected chi connectivity index (χ0v) is 12.5. The van der Waals surface area contributed by atoms with Crippen LogP contribution in [0.5, 0.6) is 5.88 Å². The molecule has 108 valence electrons.